The molecule has 20 heteroatoms. The van der Waals surface area contributed by atoms with Gasteiger partial charge in [0.2, 0.25) is 0 Å². The van der Waals surface area contributed by atoms with E-state index in [-0.39, 0.29) is 85.9 Å². The van der Waals surface area contributed by atoms with Gasteiger partial charge in [-0.1, -0.05) is 334 Å². The molecule has 1 N–H and O–H groups in total. The van der Waals surface area contributed by atoms with E-state index in [9.17, 15) is 5.11 Å². The average molecular weight is 1640 g/mol. The minimum Gasteiger partial charge on any atom is -0.374 e. The van der Waals surface area contributed by atoms with Crippen molar-refractivity contribution >= 4 is 0 Å². The fourth-order valence-corrected chi connectivity index (χ4v) is 16.0. The van der Waals surface area contributed by atoms with Crippen LogP contribution in [0, 0.1) is 0 Å². The van der Waals surface area contributed by atoms with Crippen LogP contribution in [0.2, 0.25) is 0 Å². The molecule has 0 bridgehead atoms. The lowest BCUT2D eigenvalue weighted by Crippen LogP contribution is -2.70. The van der Waals surface area contributed by atoms with Gasteiger partial charge in [-0.05, 0) is 62.6 Å². The Morgan fingerprint density at radius 1 is 0.256 bits per heavy atom. The molecule has 0 aromatic heterocycles. The lowest BCUT2D eigenvalue weighted by Gasteiger charge is -2.54. The molecule has 11 aromatic rings. The zero-order valence-electron chi connectivity index (χ0n) is 67.8. The summed E-state index contributed by atoms with van der Waals surface area (Å²) in [4.78, 5) is 0. The molecule has 0 amide bonds. The number of aliphatic hydroxyl groups excluding tert-OH is 1. The second-order valence-corrected chi connectivity index (χ2v) is 30.9. The highest BCUT2D eigenvalue weighted by Gasteiger charge is 2.60. The number of benzene rings is 11. The number of ether oxygens (including phenoxy) is 19. The molecule has 21 atom stereocenters. The van der Waals surface area contributed by atoms with Gasteiger partial charge in [-0.15, -0.1) is 0 Å². The van der Waals surface area contributed by atoms with E-state index in [1.165, 1.54) is 0 Å². The van der Waals surface area contributed by atoms with Crippen LogP contribution in [0.25, 0.3) is 0 Å². The molecule has 0 aliphatic carbocycles. The van der Waals surface area contributed by atoms with E-state index in [0.717, 1.165) is 61.2 Å². The Morgan fingerprint density at radius 3 is 0.926 bits per heavy atom. The SMILES string of the molecule is C[C@@H]1O[C@@H](O[C@H]2[C@H](O[C@H]3[C@H](OCc4ccccc4)[C@@H](OCc4ccccc4)[C@H](O)O[C@@H]3COCc3ccccc3)O[C@@H]3COC(c4ccccc4)O[C@@H]3[C@@H]2O[C@H]2O[C@H](COCc3ccccc3)[C@H](OCc3ccccc3)[C@H](OCc3ccccc3)[C@H]2OCc2ccccc2)[C@@H](OCc2ccccc2)[C@H](OCc2ccccc2)[C@@H]1OCc1ccccc1. The summed E-state index contributed by atoms with van der Waals surface area (Å²) in [5.41, 5.74) is 9.71. The largest absolute Gasteiger partial charge is 0.374 e. The van der Waals surface area contributed by atoms with Crippen LogP contribution in [-0.2, 0) is 156 Å². The molecule has 16 rings (SSSR count). The molecule has 5 aliphatic rings. The normalized spacial score (nSPS) is 27.9. The van der Waals surface area contributed by atoms with Gasteiger partial charge in [0.1, 0.15) is 91.6 Å². The van der Waals surface area contributed by atoms with Crippen LogP contribution < -0.4 is 0 Å². The fraction of sp³-hybridized carbons (Fsp3) is 0.347. The van der Waals surface area contributed by atoms with Crippen LogP contribution in [0.1, 0.15) is 74.4 Å². The summed E-state index contributed by atoms with van der Waals surface area (Å²) >= 11 is 0. The summed E-state index contributed by atoms with van der Waals surface area (Å²) in [5.74, 6) is 0. The molecule has 11 aromatic carbocycles. The van der Waals surface area contributed by atoms with Crippen molar-refractivity contribution in [2.24, 2.45) is 0 Å². The van der Waals surface area contributed by atoms with Gasteiger partial charge in [-0.3, -0.25) is 0 Å². The molecule has 0 radical (unpaired) electrons. The standard InChI is InChI=1S/C101H106O20/c1-70-85(105-59-73-39-17-4-18-40-73)89(107-61-75-43-21-6-22-44-75)94(111-65-79-51-29-10-30-52-79)99(114-70)121-96-92(120-100-95(112-66-80-53-31-11-32-54-80)90(108-62-76-45-23-7-24-46-76)86(106-60-74-41-19-5-20-42-74)82(116-100)67-103-57-71-35-13-2-14-36-71)88-84(69-113-98(118-88)81-55-33-12-34-56-81)117-101(96)119-87-83(68-104-58-72-37-15-3-16-38-72)115-97(102)93(110-64-78-49-27-9-28-50-78)91(87)109-63-77-47-25-8-26-48-77/h2-56,70,82-102H,57-69H2,1H3/t70-,82+,83+,84+,85+,86-,87+,88-,89+,90-,91-,92-,93+,94-,95+,96+,97+,98?,99-,100+,101-/m0/s1. The van der Waals surface area contributed by atoms with Crippen LogP contribution in [-0.4, -0.2) is 148 Å². The minimum atomic E-state index is -1.58. The number of hydrogen-bond acceptors (Lipinski definition) is 20. The van der Waals surface area contributed by atoms with E-state index in [0.29, 0.717) is 0 Å². The summed E-state index contributed by atoms with van der Waals surface area (Å²) in [7, 11) is 0. The van der Waals surface area contributed by atoms with E-state index in [2.05, 4.69) is 0 Å². The van der Waals surface area contributed by atoms with E-state index in [4.69, 9.17) is 90.0 Å². The number of aliphatic hydroxyl groups is 1. The second kappa shape index (κ2) is 44.1. The Hall–Kier alpha value is -9.38. The summed E-state index contributed by atoms with van der Waals surface area (Å²) in [5, 5.41) is 12.7. The molecule has 121 heavy (non-hydrogen) atoms. The van der Waals surface area contributed by atoms with Gasteiger partial charge in [0.25, 0.3) is 0 Å². The molecule has 5 fully saturated rings. The van der Waals surface area contributed by atoms with E-state index in [1.807, 2.05) is 341 Å². The zero-order chi connectivity index (χ0) is 82.0. The summed E-state index contributed by atoms with van der Waals surface area (Å²) in [6.07, 6.45) is -23.9. The first-order chi connectivity index (χ1) is 59.8. The Kier molecular flexibility index (Phi) is 31.0. The molecule has 5 aliphatic heterocycles. The molecular formula is C101H106O20. The van der Waals surface area contributed by atoms with Crippen molar-refractivity contribution in [2.45, 2.75) is 202 Å². The monoisotopic (exact) mass is 1640 g/mol. The van der Waals surface area contributed by atoms with Crippen molar-refractivity contribution in [1.82, 2.24) is 0 Å². The minimum absolute atomic E-state index is 0.00197. The van der Waals surface area contributed by atoms with Crippen molar-refractivity contribution < 1.29 is 95.1 Å². The van der Waals surface area contributed by atoms with Crippen LogP contribution in [0.15, 0.2) is 334 Å². The smallest absolute Gasteiger partial charge is 0.187 e. The van der Waals surface area contributed by atoms with Gasteiger partial charge in [-0.25, -0.2) is 0 Å². The van der Waals surface area contributed by atoms with Gasteiger partial charge in [0.15, 0.2) is 31.5 Å². The Balaban J connectivity index is 0.864. The summed E-state index contributed by atoms with van der Waals surface area (Å²) in [6, 6.07) is 109. The third-order valence-electron chi connectivity index (χ3n) is 22.2. The van der Waals surface area contributed by atoms with Gasteiger partial charge in [-0.2, -0.15) is 0 Å². The molecule has 20 nitrogen and oxygen atoms in total. The van der Waals surface area contributed by atoms with Crippen molar-refractivity contribution in [1.29, 1.82) is 0 Å². The first-order valence-electron chi connectivity index (χ1n) is 41.9. The van der Waals surface area contributed by atoms with E-state index >= 15 is 0 Å². The highest BCUT2D eigenvalue weighted by Crippen LogP contribution is 2.44. The molecule has 0 spiro atoms. The quantitative estimate of drug-likeness (QED) is 0.0381. The Bertz CT molecular complexity index is 4720. The summed E-state index contributed by atoms with van der Waals surface area (Å²) in [6.45, 7) is 3.18. The lowest BCUT2D eigenvalue weighted by atomic mass is 9.94. The van der Waals surface area contributed by atoms with Crippen LogP contribution in [0.4, 0.5) is 0 Å². The fourth-order valence-electron chi connectivity index (χ4n) is 16.0. The third-order valence-corrected chi connectivity index (χ3v) is 22.2. The highest BCUT2D eigenvalue weighted by atomic mass is 16.8. The van der Waals surface area contributed by atoms with Crippen LogP contribution in [0.5, 0.6) is 0 Å². The topological polar surface area (TPSA) is 196 Å². The van der Waals surface area contributed by atoms with Gasteiger partial charge < -0.3 is 95.1 Å². The van der Waals surface area contributed by atoms with E-state index < -0.39 is 129 Å². The lowest BCUT2D eigenvalue weighted by molar-refractivity contribution is -0.429. The van der Waals surface area contributed by atoms with Gasteiger partial charge in [0, 0.05) is 5.56 Å². The van der Waals surface area contributed by atoms with Crippen molar-refractivity contribution in [3.8, 4) is 0 Å². The number of hydrogen-bond donors (Lipinski definition) is 1. The number of rotatable bonds is 39. The Labute approximate surface area is 708 Å². The number of fused-ring (bicyclic) bond motifs is 1. The molecule has 5 saturated heterocycles. The molecule has 1 unspecified atom stereocenters. The van der Waals surface area contributed by atoms with Crippen LogP contribution in [0.3, 0.4) is 0 Å². The van der Waals surface area contributed by atoms with Crippen molar-refractivity contribution in [2.75, 3.05) is 19.8 Å². The first kappa shape index (κ1) is 85.2. The van der Waals surface area contributed by atoms with Crippen molar-refractivity contribution in [3.05, 3.63) is 395 Å². The molecule has 0 saturated carbocycles. The van der Waals surface area contributed by atoms with Crippen LogP contribution >= 0.6 is 0 Å². The zero-order valence-corrected chi connectivity index (χ0v) is 67.8. The maximum atomic E-state index is 12.7. The predicted molar refractivity (Wildman–Crippen MR) is 450 cm³/mol. The second-order valence-electron chi connectivity index (χ2n) is 30.9. The van der Waals surface area contributed by atoms with Crippen molar-refractivity contribution in [3.63, 3.8) is 0 Å². The molecule has 5 heterocycles. The summed E-state index contributed by atoms with van der Waals surface area (Å²) < 4.78 is 140. The Morgan fingerprint density at radius 2 is 0.537 bits per heavy atom. The maximum absolute atomic E-state index is 12.7. The maximum Gasteiger partial charge on any atom is 0.187 e. The average Bonchev–Trinajstić information content (AvgIpc) is 0.754. The first-order valence-corrected chi connectivity index (χ1v) is 41.9. The highest BCUT2D eigenvalue weighted by molar-refractivity contribution is 5.23. The van der Waals surface area contributed by atoms with Gasteiger partial charge >= 0.3 is 0 Å². The van der Waals surface area contributed by atoms with E-state index in [1.54, 1.807) is 0 Å². The predicted octanol–water partition coefficient (Wildman–Crippen LogP) is 16.3. The molecular weight excluding hydrogens is 1530 g/mol. The molecule has 630 valence electrons. The third kappa shape index (κ3) is 23.5. The van der Waals surface area contributed by atoms with Gasteiger partial charge in [0.05, 0.1) is 92.0 Å².